The first kappa shape index (κ1) is 11.1. The molecular formula is C12H14OS. The van der Waals surface area contributed by atoms with Crippen LogP contribution in [0, 0.1) is 0 Å². The summed E-state index contributed by atoms with van der Waals surface area (Å²) in [7, 11) is 0. The number of hydrogen-bond donors (Lipinski definition) is 0. The van der Waals surface area contributed by atoms with E-state index in [9.17, 15) is 4.79 Å². The van der Waals surface area contributed by atoms with Gasteiger partial charge in [-0.3, -0.25) is 4.79 Å². The van der Waals surface area contributed by atoms with Crippen molar-refractivity contribution < 1.29 is 4.79 Å². The van der Waals surface area contributed by atoms with Crippen LogP contribution >= 0.6 is 11.8 Å². The maximum Gasteiger partial charge on any atom is 0.142 e. The second kappa shape index (κ2) is 6.44. The van der Waals surface area contributed by atoms with Gasteiger partial charge in [0.05, 0.1) is 0 Å². The number of carbonyl (C=O) groups is 1. The van der Waals surface area contributed by atoms with E-state index >= 15 is 0 Å². The lowest BCUT2D eigenvalue weighted by Gasteiger charge is -2.08. The van der Waals surface area contributed by atoms with Crippen LogP contribution in [-0.4, -0.2) is 11.5 Å². The molecule has 1 aromatic carbocycles. The normalized spacial score (nSPS) is 12.9. The molecule has 1 nitrogen and oxygen atoms in total. The van der Waals surface area contributed by atoms with Gasteiger partial charge >= 0.3 is 0 Å². The Morgan fingerprint density at radius 3 is 2.64 bits per heavy atom. The molecule has 0 bridgehead atoms. The summed E-state index contributed by atoms with van der Waals surface area (Å²) in [5.74, 6) is 0. The number of aldehydes is 1. The van der Waals surface area contributed by atoms with Gasteiger partial charge < -0.3 is 0 Å². The van der Waals surface area contributed by atoms with Crippen molar-refractivity contribution in [1.29, 1.82) is 0 Å². The van der Waals surface area contributed by atoms with Crippen molar-refractivity contribution in [1.82, 2.24) is 0 Å². The number of thioether (sulfide) groups is 1. The molecule has 0 amide bonds. The fraction of sp³-hybridized carbons (Fsp3) is 0.250. The molecule has 0 fully saturated rings. The Bertz CT molecular complexity index is 292. The molecule has 0 aliphatic heterocycles. The summed E-state index contributed by atoms with van der Waals surface area (Å²) in [5, 5.41) is 0.391. The van der Waals surface area contributed by atoms with E-state index in [4.69, 9.17) is 0 Å². The van der Waals surface area contributed by atoms with E-state index in [1.807, 2.05) is 24.3 Å². The number of hydrogen-bond acceptors (Lipinski definition) is 2. The van der Waals surface area contributed by atoms with Crippen molar-refractivity contribution in [2.24, 2.45) is 0 Å². The minimum Gasteiger partial charge on any atom is -0.299 e. The SMILES string of the molecule is CCC(/C=C/C=O)Sc1ccccc1. The molecule has 0 aliphatic rings. The summed E-state index contributed by atoms with van der Waals surface area (Å²) in [4.78, 5) is 11.4. The monoisotopic (exact) mass is 206 g/mol. The molecule has 0 radical (unpaired) electrons. The first-order chi connectivity index (χ1) is 6.86. The average Bonchev–Trinajstić information content (AvgIpc) is 2.25. The predicted molar refractivity (Wildman–Crippen MR) is 61.6 cm³/mol. The van der Waals surface area contributed by atoms with Crippen LogP contribution in [0.2, 0.25) is 0 Å². The van der Waals surface area contributed by atoms with Crippen LogP contribution in [-0.2, 0) is 4.79 Å². The van der Waals surface area contributed by atoms with Crippen LogP contribution in [0.15, 0.2) is 47.4 Å². The summed E-state index contributed by atoms with van der Waals surface area (Å²) in [6.07, 6.45) is 5.38. The summed E-state index contributed by atoms with van der Waals surface area (Å²) in [5.41, 5.74) is 0. The second-order valence-corrected chi connectivity index (χ2v) is 4.21. The van der Waals surface area contributed by atoms with Gasteiger partial charge in [-0.15, -0.1) is 11.8 Å². The molecule has 0 aromatic heterocycles. The zero-order valence-corrected chi connectivity index (χ0v) is 9.04. The third-order valence-electron chi connectivity index (χ3n) is 1.84. The zero-order chi connectivity index (χ0) is 10.2. The van der Waals surface area contributed by atoms with Crippen LogP contribution in [0.4, 0.5) is 0 Å². The Labute approximate surface area is 89.2 Å². The van der Waals surface area contributed by atoms with Gasteiger partial charge in [-0.2, -0.15) is 0 Å². The molecule has 74 valence electrons. The van der Waals surface area contributed by atoms with E-state index in [1.54, 1.807) is 17.8 Å². The van der Waals surface area contributed by atoms with E-state index < -0.39 is 0 Å². The second-order valence-electron chi connectivity index (χ2n) is 2.90. The molecule has 0 spiro atoms. The molecule has 0 N–H and O–H groups in total. The van der Waals surface area contributed by atoms with Crippen LogP contribution in [0.25, 0.3) is 0 Å². The number of carbonyl (C=O) groups excluding carboxylic acids is 1. The molecule has 0 heterocycles. The fourth-order valence-electron chi connectivity index (χ4n) is 1.10. The molecule has 1 atom stereocenters. The maximum absolute atomic E-state index is 10.2. The minimum absolute atomic E-state index is 0.391. The quantitative estimate of drug-likeness (QED) is 0.417. The van der Waals surface area contributed by atoms with Crippen LogP contribution < -0.4 is 0 Å². The summed E-state index contributed by atoms with van der Waals surface area (Å²) < 4.78 is 0. The first-order valence-corrected chi connectivity index (χ1v) is 5.58. The van der Waals surface area contributed by atoms with Crippen LogP contribution in [0.1, 0.15) is 13.3 Å². The van der Waals surface area contributed by atoms with Gasteiger partial charge in [0.2, 0.25) is 0 Å². The number of benzene rings is 1. The van der Waals surface area contributed by atoms with Gasteiger partial charge in [0.1, 0.15) is 6.29 Å². The lowest BCUT2D eigenvalue weighted by molar-refractivity contribution is -0.104. The van der Waals surface area contributed by atoms with E-state index in [1.165, 1.54) is 4.90 Å². The van der Waals surface area contributed by atoms with Crippen molar-refractivity contribution in [3.8, 4) is 0 Å². The Hall–Kier alpha value is -1.02. The highest BCUT2D eigenvalue weighted by Gasteiger charge is 2.02. The first-order valence-electron chi connectivity index (χ1n) is 4.70. The van der Waals surface area contributed by atoms with Gasteiger partial charge in [0.25, 0.3) is 0 Å². The Kier molecular flexibility index (Phi) is 5.08. The van der Waals surface area contributed by atoms with Gasteiger partial charge in [0.15, 0.2) is 0 Å². The van der Waals surface area contributed by atoms with Crippen molar-refractivity contribution in [3.05, 3.63) is 42.5 Å². The van der Waals surface area contributed by atoms with Crippen LogP contribution in [0.5, 0.6) is 0 Å². The van der Waals surface area contributed by atoms with Crippen molar-refractivity contribution in [2.45, 2.75) is 23.5 Å². The zero-order valence-electron chi connectivity index (χ0n) is 8.22. The molecule has 14 heavy (non-hydrogen) atoms. The molecule has 1 aromatic rings. The summed E-state index contributed by atoms with van der Waals surface area (Å²) in [6.45, 7) is 2.12. The van der Waals surface area contributed by atoms with E-state index in [-0.39, 0.29) is 0 Å². The van der Waals surface area contributed by atoms with Gasteiger partial charge in [-0.05, 0) is 24.6 Å². The molecule has 2 heteroatoms. The van der Waals surface area contributed by atoms with E-state index in [0.717, 1.165) is 12.7 Å². The molecule has 0 saturated carbocycles. The number of allylic oxidation sites excluding steroid dienone is 1. The fourth-order valence-corrected chi connectivity index (χ4v) is 2.10. The molecular weight excluding hydrogens is 192 g/mol. The standard InChI is InChI=1S/C12H14OS/c1-2-11(9-6-10-13)14-12-7-4-3-5-8-12/h3-11H,2H2,1H3/b9-6+. The lowest BCUT2D eigenvalue weighted by atomic mass is 10.3. The molecule has 0 saturated heterocycles. The Balaban J connectivity index is 2.57. The number of rotatable bonds is 5. The van der Waals surface area contributed by atoms with Crippen LogP contribution in [0.3, 0.4) is 0 Å². The summed E-state index contributed by atoms with van der Waals surface area (Å²) in [6, 6.07) is 10.2. The van der Waals surface area contributed by atoms with Gasteiger partial charge in [0, 0.05) is 10.1 Å². The molecule has 0 aliphatic carbocycles. The van der Waals surface area contributed by atoms with E-state index in [0.29, 0.717) is 5.25 Å². The predicted octanol–water partition coefficient (Wildman–Crippen LogP) is 3.31. The smallest absolute Gasteiger partial charge is 0.142 e. The molecule has 1 unspecified atom stereocenters. The highest BCUT2D eigenvalue weighted by Crippen LogP contribution is 2.25. The maximum atomic E-state index is 10.2. The average molecular weight is 206 g/mol. The summed E-state index contributed by atoms with van der Waals surface area (Å²) >= 11 is 1.78. The Morgan fingerprint density at radius 1 is 1.36 bits per heavy atom. The van der Waals surface area contributed by atoms with Crippen molar-refractivity contribution in [2.75, 3.05) is 0 Å². The Morgan fingerprint density at radius 2 is 2.07 bits per heavy atom. The van der Waals surface area contributed by atoms with Crippen molar-refractivity contribution in [3.63, 3.8) is 0 Å². The minimum atomic E-state index is 0.391. The van der Waals surface area contributed by atoms with Crippen molar-refractivity contribution >= 4 is 18.0 Å². The van der Waals surface area contributed by atoms with Gasteiger partial charge in [-0.1, -0.05) is 31.2 Å². The highest BCUT2D eigenvalue weighted by atomic mass is 32.2. The molecule has 1 rings (SSSR count). The lowest BCUT2D eigenvalue weighted by Crippen LogP contribution is -1.94. The third kappa shape index (κ3) is 3.79. The third-order valence-corrected chi connectivity index (χ3v) is 3.17. The van der Waals surface area contributed by atoms with E-state index in [2.05, 4.69) is 19.1 Å². The van der Waals surface area contributed by atoms with Gasteiger partial charge in [-0.25, -0.2) is 0 Å². The largest absolute Gasteiger partial charge is 0.299 e. The highest BCUT2D eigenvalue weighted by molar-refractivity contribution is 8.00. The topological polar surface area (TPSA) is 17.1 Å².